The van der Waals surface area contributed by atoms with Gasteiger partial charge in [0.2, 0.25) is 0 Å². The summed E-state index contributed by atoms with van der Waals surface area (Å²) in [6.07, 6.45) is 26.4. The summed E-state index contributed by atoms with van der Waals surface area (Å²) in [5, 5.41) is 8.50. The van der Waals surface area contributed by atoms with E-state index in [4.69, 9.17) is 5.11 Å². The Morgan fingerprint density at radius 1 is 0.682 bits per heavy atom. The maximum absolute atomic E-state index is 10.3. The molecule has 0 aromatic carbocycles. The predicted molar refractivity (Wildman–Crippen MR) is 96.1 cm³/mol. The number of hydrogen-bond acceptors (Lipinski definition) is 1. The number of carboxylic acid groups (broad SMARTS) is 1. The van der Waals surface area contributed by atoms with Crippen molar-refractivity contribution in [2.45, 2.75) is 84.0 Å². The van der Waals surface area contributed by atoms with E-state index in [9.17, 15) is 4.79 Å². The Bertz CT molecular complexity index is 327. The SMILES string of the molecule is CC/C=C/CCCC/C=C/CCCCC/C=C/CCC(=O)O. The minimum absolute atomic E-state index is 0.246. The van der Waals surface area contributed by atoms with Crippen LogP contribution in [0, 0.1) is 0 Å². The molecule has 0 atom stereocenters. The summed E-state index contributed by atoms with van der Waals surface area (Å²) < 4.78 is 0. The average molecular weight is 306 g/mol. The van der Waals surface area contributed by atoms with Gasteiger partial charge in [-0.2, -0.15) is 0 Å². The molecule has 0 bridgehead atoms. The summed E-state index contributed by atoms with van der Waals surface area (Å²) in [4.78, 5) is 10.3. The second-order valence-electron chi connectivity index (χ2n) is 5.68. The lowest BCUT2D eigenvalue weighted by atomic mass is 10.1. The molecule has 0 aromatic heterocycles. The summed E-state index contributed by atoms with van der Waals surface area (Å²) in [6, 6.07) is 0. The quantitative estimate of drug-likeness (QED) is 0.279. The van der Waals surface area contributed by atoms with Crippen LogP contribution in [-0.2, 0) is 4.79 Å². The molecule has 0 saturated heterocycles. The number of rotatable bonds is 15. The van der Waals surface area contributed by atoms with Crippen LogP contribution in [0.3, 0.4) is 0 Å². The first-order valence-corrected chi connectivity index (χ1v) is 8.94. The third-order valence-corrected chi connectivity index (χ3v) is 3.49. The summed E-state index contributed by atoms with van der Waals surface area (Å²) in [6.45, 7) is 2.18. The summed E-state index contributed by atoms with van der Waals surface area (Å²) in [5.41, 5.74) is 0. The second kappa shape index (κ2) is 17.7. The minimum atomic E-state index is -0.714. The van der Waals surface area contributed by atoms with E-state index in [1.807, 2.05) is 6.08 Å². The van der Waals surface area contributed by atoms with E-state index < -0.39 is 5.97 Å². The van der Waals surface area contributed by atoms with Crippen molar-refractivity contribution in [3.63, 3.8) is 0 Å². The third kappa shape index (κ3) is 18.7. The monoisotopic (exact) mass is 306 g/mol. The molecule has 0 heterocycles. The molecule has 0 aliphatic heterocycles. The van der Waals surface area contributed by atoms with Crippen molar-refractivity contribution in [1.29, 1.82) is 0 Å². The van der Waals surface area contributed by atoms with E-state index in [1.165, 1.54) is 51.4 Å². The van der Waals surface area contributed by atoms with Crippen LogP contribution in [0.25, 0.3) is 0 Å². The van der Waals surface area contributed by atoms with E-state index in [-0.39, 0.29) is 6.42 Å². The van der Waals surface area contributed by atoms with Gasteiger partial charge in [0.25, 0.3) is 0 Å². The van der Waals surface area contributed by atoms with Crippen molar-refractivity contribution in [2.24, 2.45) is 0 Å². The fourth-order valence-electron chi connectivity index (χ4n) is 2.19. The maximum atomic E-state index is 10.3. The van der Waals surface area contributed by atoms with Gasteiger partial charge in [-0.1, -0.05) is 49.8 Å². The number of carboxylic acids is 1. The highest BCUT2D eigenvalue weighted by Gasteiger charge is 1.91. The Hall–Kier alpha value is -1.31. The average Bonchev–Trinajstić information content (AvgIpc) is 2.50. The van der Waals surface area contributed by atoms with Gasteiger partial charge >= 0.3 is 5.97 Å². The van der Waals surface area contributed by atoms with Gasteiger partial charge in [-0.3, -0.25) is 4.79 Å². The molecular formula is C20H34O2. The molecule has 0 aromatic rings. The zero-order valence-electron chi connectivity index (χ0n) is 14.3. The molecule has 0 fully saturated rings. The molecule has 2 nitrogen and oxygen atoms in total. The van der Waals surface area contributed by atoms with Gasteiger partial charge in [0.05, 0.1) is 0 Å². The topological polar surface area (TPSA) is 37.3 Å². The first-order valence-electron chi connectivity index (χ1n) is 8.94. The van der Waals surface area contributed by atoms with Crippen molar-refractivity contribution in [3.05, 3.63) is 36.5 Å². The fourth-order valence-corrected chi connectivity index (χ4v) is 2.19. The van der Waals surface area contributed by atoms with E-state index in [2.05, 4.69) is 37.3 Å². The lowest BCUT2D eigenvalue weighted by Gasteiger charge is -1.96. The highest BCUT2D eigenvalue weighted by atomic mass is 16.4. The van der Waals surface area contributed by atoms with Crippen LogP contribution in [0.15, 0.2) is 36.5 Å². The number of unbranched alkanes of at least 4 members (excludes halogenated alkanes) is 7. The highest BCUT2D eigenvalue weighted by molar-refractivity contribution is 5.66. The van der Waals surface area contributed by atoms with Crippen LogP contribution in [0.4, 0.5) is 0 Å². The Labute approximate surface area is 137 Å². The Balaban J connectivity index is 3.20. The summed E-state index contributed by atoms with van der Waals surface area (Å²) >= 11 is 0. The van der Waals surface area contributed by atoms with Crippen LogP contribution in [0.1, 0.15) is 84.0 Å². The standard InChI is InChI=1S/C20H34O2/c1-2-3-4-5-6-7-8-9-10-11-12-13-14-15-16-17-18-19-20(21)22/h3-4,9-10,16-17H,2,5-8,11-15,18-19H2,1H3,(H,21,22)/b4-3+,10-9+,17-16+. The molecule has 0 amide bonds. The molecule has 1 N–H and O–H groups in total. The van der Waals surface area contributed by atoms with Crippen molar-refractivity contribution in [1.82, 2.24) is 0 Å². The third-order valence-electron chi connectivity index (χ3n) is 3.49. The van der Waals surface area contributed by atoms with Gasteiger partial charge in [-0.25, -0.2) is 0 Å². The van der Waals surface area contributed by atoms with Gasteiger partial charge in [-0.05, 0) is 64.2 Å². The molecule has 2 heteroatoms. The lowest BCUT2D eigenvalue weighted by molar-refractivity contribution is -0.136. The first-order chi connectivity index (χ1) is 10.8. The second-order valence-corrected chi connectivity index (χ2v) is 5.68. The zero-order valence-corrected chi connectivity index (χ0v) is 14.3. The molecular weight excluding hydrogens is 272 g/mol. The molecule has 22 heavy (non-hydrogen) atoms. The number of aliphatic carboxylic acids is 1. The molecule has 0 radical (unpaired) electrons. The Morgan fingerprint density at radius 2 is 1.09 bits per heavy atom. The largest absolute Gasteiger partial charge is 0.481 e. The smallest absolute Gasteiger partial charge is 0.303 e. The molecule has 0 spiro atoms. The van der Waals surface area contributed by atoms with Gasteiger partial charge in [0, 0.05) is 6.42 Å². The summed E-state index contributed by atoms with van der Waals surface area (Å²) in [5.74, 6) is -0.714. The van der Waals surface area contributed by atoms with Crippen molar-refractivity contribution < 1.29 is 9.90 Å². The van der Waals surface area contributed by atoms with Crippen LogP contribution in [0.2, 0.25) is 0 Å². The molecule has 0 aliphatic carbocycles. The molecule has 126 valence electrons. The highest BCUT2D eigenvalue weighted by Crippen LogP contribution is 2.07. The molecule has 0 aliphatic rings. The van der Waals surface area contributed by atoms with Crippen molar-refractivity contribution >= 4 is 5.97 Å². The van der Waals surface area contributed by atoms with Crippen LogP contribution in [-0.4, -0.2) is 11.1 Å². The molecule has 0 rings (SSSR count). The van der Waals surface area contributed by atoms with Crippen molar-refractivity contribution in [3.8, 4) is 0 Å². The zero-order chi connectivity index (χ0) is 16.3. The van der Waals surface area contributed by atoms with E-state index in [0.717, 1.165) is 12.8 Å². The first kappa shape index (κ1) is 20.7. The predicted octanol–water partition coefficient (Wildman–Crippen LogP) is 6.44. The van der Waals surface area contributed by atoms with Crippen molar-refractivity contribution in [2.75, 3.05) is 0 Å². The maximum Gasteiger partial charge on any atom is 0.303 e. The van der Waals surface area contributed by atoms with Gasteiger partial charge in [-0.15, -0.1) is 0 Å². The normalized spacial score (nSPS) is 12.0. The lowest BCUT2D eigenvalue weighted by Crippen LogP contribution is -1.91. The van der Waals surface area contributed by atoms with Crippen LogP contribution in [0.5, 0.6) is 0 Å². The Morgan fingerprint density at radius 3 is 1.55 bits per heavy atom. The van der Waals surface area contributed by atoms with Gasteiger partial charge in [0.15, 0.2) is 0 Å². The molecule has 0 saturated carbocycles. The van der Waals surface area contributed by atoms with Crippen LogP contribution >= 0.6 is 0 Å². The Kier molecular flexibility index (Phi) is 16.7. The number of allylic oxidation sites excluding steroid dienone is 6. The van der Waals surface area contributed by atoms with E-state index >= 15 is 0 Å². The molecule has 0 unspecified atom stereocenters. The number of hydrogen-bond donors (Lipinski definition) is 1. The number of carbonyl (C=O) groups is 1. The minimum Gasteiger partial charge on any atom is -0.481 e. The van der Waals surface area contributed by atoms with Gasteiger partial charge < -0.3 is 5.11 Å². The van der Waals surface area contributed by atoms with Crippen LogP contribution < -0.4 is 0 Å². The van der Waals surface area contributed by atoms with E-state index in [1.54, 1.807) is 0 Å². The van der Waals surface area contributed by atoms with E-state index in [0.29, 0.717) is 6.42 Å². The summed E-state index contributed by atoms with van der Waals surface area (Å²) in [7, 11) is 0. The van der Waals surface area contributed by atoms with Gasteiger partial charge in [0.1, 0.15) is 0 Å². The fraction of sp³-hybridized carbons (Fsp3) is 0.650.